The normalized spacial score (nSPS) is 10.3. The van der Waals surface area contributed by atoms with Crippen LogP contribution in [-0.4, -0.2) is 17.6 Å². The van der Waals surface area contributed by atoms with Crippen LogP contribution in [0.2, 0.25) is 10.0 Å². The van der Waals surface area contributed by atoms with Crippen LogP contribution < -0.4 is 5.56 Å². The van der Waals surface area contributed by atoms with E-state index in [0.717, 1.165) is 0 Å². The van der Waals surface area contributed by atoms with E-state index in [1.165, 1.54) is 12.1 Å². The lowest BCUT2D eigenvalue weighted by Crippen LogP contribution is -2.15. The molecule has 104 valence electrons. The monoisotopic (exact) mass is 311 g/mol. The van der Waals surface area contributed by atoms with Gasteiger partial charge in [0.1, 0.15) is 5.69 Å². The zero-order valence-electron chi connectivity index (χ0n) is 10.6. The first-order chi connectivity index (χ1) is 9.52. The smallest absolute Gasteiger partial charge is 0.355 e. The zero-order chi connectivity index (χ0) is 14.7. The Hall–Kier alpha value is -1.78. The molecule has 0 aliphatic heterocycles. The molecule has 0 amide bonds. The molecule has 1 heterocycles. The van der Waals surface area contributed by atoms with Gasteiger partial charge in [-0.15, -0.1) is 0 Å². The second-order valence-corrected chi connectivity index (χ2v) is 4.80. The van der Waals surface area contributed by atoms with Gasteiger partial charge >= 0.3 is 5.97 Å². The van der Waals surface area contributed by atoms with Crippen molar-refractivity contribution in [3.63, 3.8) is 0 Å². The summed E-state index contributed by atoms with van der Waals surface area (Å²) in [5.41, 5.74) is 0.769. The summed E-state index contributed by atoms with van der Waals surface area (Å²) in [5.74, 6) is -0.605. The van der Waals surface area contributed by atoms with E-state index in [1.54, 1.807) is 25.1 Å². The van der Waals surface area contributed by atoms with Gasteiger partial charge in [-0.25, -0.2) is 4.79 Å². The number of halogens is 2. The molecule has 0 saturated carbocycles. The minimum Gasteiger partial charge on any atom is -0.461 e. The van der Waals surface area contributed by atoms with Gasteiger partial charge in [0.05, 0.1) is 6.61 Å². The second kappa shape index (κ2) is 6.11. The Morgan fingerprint density at radius 1 is 1.20 bits per heavy atom. The van der Waals surface area contributed by atoms with Crippen LogP contribution in [0.1, 0.15) is 17.4 Å². The molecule has 20 heavy (non-hydrogen) atoms. The van der Waals surface area contributed by atoms with Crippen LogP contribution in [0.4, 0.5) is 0 Å². The summed E-state index contributed by atoms with van der Waals surface area (Å²) in [7, 11) is 0. The first kappa shape index (κ1) is 14.6. The maximum absolute atomic E-state index is 11.9. The van der Waals surface area contributed by atoms with Gasteiger partial charge in [-0.2, -0.15) is 0 Å². The summed E-state index contributed by atoms with van der Waals surface area (Å²) < 4.78 is 4.93. The molecule has 0 saturated heterocycles. The quantitative estimate of drug-likeness (QED) is 0.882. The first-order valence-electron chi connectivity index (χ1n) is 5.88. The van der Waals surface area contributed by atoms with Crippen LogP contribution in [0.15, 0.2) is 35.1 Å². The van der Waals surface area contributed by atoms with Gasteiger partial charge in [-0.1, -0.05) is 29.3 Å². The molecule has 0 atom stereocenters. The fourth-order valence-electron chi connectivity index (χ4n) is 1.77. The summed E-state index contributed by atoms with van der Waals surface area (Å²) in [6.07, 6.45) is 0. The van der Waals surface area contributed by atoms with Crippen LogP contribution in [-0.2, 0) is 4.74 Å². The van der Waals surface area contributed by atoms with Gasteiger partial charge in [0.15, 0.2) is 0 Å². The highest BCUT2D eigenvalue weighted by molar-refractivity contribution is 6.36. The number of carbonyl (C=O) groups is 1. The molecule has 1 aromatic carbocycles. The van der Waals surface area contributed by atoms with Crippen LogP contribution >= 0.6 is 23.2 Å². The first-order valence-corrected chi connectivity index (χ1v) is 6.64. The molecule has 1 aromatic heterocycles. The van der Waals surface area contributed by atoms with Crippen molar-refractivity contribution >= 4 is 29.2 Å². The fraction of sp³-hybridized carbons (Fsp3) is 0.143. The molecule has 1 N–H and O–H groups in total. The van der Waals surface area contributed by atoms with E-state index in [4.69, 9.17) is 27.9 Å². The summed E-state index contributed by atoms with van der Waals surface area (Å²) >= 11 is 12.0. The molecule has 0 spiro atoms. The Kier molecular flexibility index (Phi) is 4.47. The molecule has 0 aliphatic carbocycles. The predicted molar refractivity (Wildman–Crippen MR) is 78.5 cm³/mol. The lowest BCUT2D eigenvalue weighted by atomic mass is 10.0. The van der Waals surface area contributed by atoms with E-state index in [9.17, 15) is 9.59 Å². The highest BCUT2D eigenvalue weighted by Gasteiger charge is 2.17. The largest absolute Gasteiger partial charge is 0.461 e. The van der Waals surface area contributed by atoms with Crippen molar-refractivity contribution in [1.29, 1.82) is 0 Å². The Balaban J connectivity index is 2.61. The molecule has 4 nitrogen and oxygen atoms in total. The van der Waals surface area contributed by atoms with Gasteiger partial charge in [0, 0.05) is 27.2 Å². The lowest BCUT2D eigenvalue weighted by Gasteiger charge is -2.10. The average Bonchev–Trinajstić information content (AvgIpc) is 2.39. The standard InChI is InChI=1S/C14H11Cl2NO3/c1-2-20-14(19)13-10(5-6-12(18)17-13)9-4-3-8(15)7-11(9)16/h3-7H,2H2,1H3,(H,17,18). The topological polar surface area (TPSA) is 59.2 Å². The number of pyridine rings is 1. The van der Waals surface area contributed by atoms with E-state index in [2.05, 4.69) is 4.98 Å². The van der Waals surface area contributed by atoms with Gasteiger partial charge in [-0.3, -0.25) is 4.79 Å². The van der Waals surface area contributed by atoms with Crippen molar-refractivity contribution < 1.29 is 9.53 Å². The molecule has 0 unspecified atom stereocenters. The van der Waals surface area contributed by atoms with Crippen LogP contribution in [0.25, 0.3) is 11.1 Å². The molecule has 0 aliphatic rings. The van der Waals surface area contributed by atoms with Crippen molar-refractivity contribution in [2.24, 2.45) is 0 Å². The second-order valence-electron chi connectivity index (χ2n) is 3.96. The maximum atomic E-state index is 11.9. The molecule has 2 rings (SSSR count). The summed E-state index contributed by atoms with van der Waals surface area (Å²) in [6, 6.07) is 7.76. The number of aromatic nitrogens is 1. The number of esters is 1. The highest BCUT2D eigenvalue weighted by Crippen LogP contribution is 2.31. The minimum atomic E-state index is -0.605. The Morgan fingerprint density at radius 2 is 1.90 bits per heavy atom. The van der Waals surface area contributed by atoms with Crippen molar-refractivity contribution in [2.45, 2.75) is 6.92 Å². The zero-order valence-corrected chi connectivity index (χ0v) is 12.1. The molecule has 6 heteroatoms. The van der Waals surface area contributed by atoms with Crippen molar-refractivity contribution in [3.05, 3.63) is 56.4 Å². The average molecular weight is 312 g/mol. The van der Waals surface area contributed by atoms with Crippen molar-refractivity contribution in [2.75, 3.05) is 6.61 Å². The van der Waals surface area contributed by atoms with Crippen molar-refractivity contribution in [1.82, 2.24) is 4.98 Å². The number of hydrogen-bond donors (Lipinski definition) is 1. The van der Waals surface area contributed by atoms with Gasteiger partial charge in [0.2, 0.25) is 5.56 Å². The third-order valence-electron chi connectivity index (χ3n) is 2.62. The van der Waals surface area contributed by atoms with Gasteiger partial charge in [0.25, 0.3) is 0 Å². The number of hydrogen-bond acceptors (Lipinski definition) is 3. The van der Waals surface area contributed by atoms with Crippen molar-refractivity contribution in [3.8, 4) is 11.1 Å². The SMILES string of the molecule is CCOC(=O)c1[nH]c(=O)ccc1-c1ccc(Cl)cc1Cl. The third kappa shape index (κ3) is 3.03. The predicted octanol–water partition coefficient (Wildman–Crippen LogP) is 3.53. The molecule has 0 radical (unpaired) electrons. The Morgan fingerprint density at radius 3 is 2.55 bits per heavy atom. The van der Waals surface area contributed by atoms with E-state index in [1.807, 2.05) is 0 Å². The van der Waals surface area contributed by atoms with E-state index in [0.29, 0.717) is 21.2 Å². The molecule has 0 bridgehead atoms. The van der Waals surface area contributed by atoms with Gasteiger partial charge < -0.3 is 9.72 Å². The third-order valence-corrected chi connectivity index (χ3v) is 3.17. The molecule has 2 aromatic rings. The number of aromatic amines is 1. The van der Waals surface area contributed by atoms with Crippen LogP contribution in [0.3, 0.4) is 0 Å². The Bertz CT molecular complexity index is 710. The van der Waals surface area contributed by atoms with E-state index >= 15 is 0 Å². The number of nitrogens with one attached hydrogen (secondary N) is 1. The molecular formula is C14H11Cl2NO3. The Labute approximate surface area is 125 Å². The number of benzene rings is 1. The van der Waals surface area contributed by atoms with Crippen LogP contribution in [0.5, 0.6) is 0 Å². The highest BCUT2D eigenvalue weighted by atomic mass is 35.5. The number of carbonyl (C=O) groups excluding carboxylic acids is 1. The number of H-pyrrole nitrogens is 1. The maximum Gasteiger partial charge on any atom is 0.355 e. The summed E-state index contributed by atoms with van der Waals surface area (Å²) in [5, 5.41) is 0.871. The van der Waals surface area contributed by atoms with E-state index < -0.39 is 5.97 Å². The van der Waals surface area contributed by atoms with E-state index in [-0.39, 0.29) is 17.9 Å². The number of rotatable bonds is 3. The fourth-order valence-corrected chi connectivity index (χ4v) is 2.28. The van der Waals surface area contributed by atoms with Crippen LogP contribution in [0, 0.1) is 0 Å². The number of ether oxygens (including phenoxy) is 1. The van der Waals surface area contributed by atoms with Gasteiger partial charge in [-0.05, 0) is 25.1 Å². The summed E-state index contributed by atoms with van der Waals surface area (Å²) in [4.78, 5) is 25.8. The molecule has 0 fully saturated rings. The minimum absolute atomic E-state index is 0.0728. The summed E-state index contributed by atoms with van der Waals surface area (Å²) in [6.45, 7) is 1.90. The lowest BCUT2D eigenvalue weighted by molar-refractivity contribution is 0.0520. The molecular weight excluding hydrogens is 301 g/mol.